The van der Waals surface area contributed by atoms with E-state index in [4.69, 9.17) is 16.3 Å². The third kappa shape index (κ3) is 3.17. The summed E-state index contributed by atoms with van der Waals surface area (Å²) < 4.78 is 6.52. The molecule has 4 nitrogen and oxygen atoms in total. The zero-order valence-corrected chi connectivity index (χ0v) is 14.0. The van der Waals surface area contributed by atoms with Crippen LogP contribution in [-0.2, 0) is 4.74 Å². The highest BCUT2D eigenvalue weighted by molar-refractivity contribution is 7.22. The molecule has 0 saturated carbocycles. The second-order valence-corrected chi connectivity index (χ2v) is 7.15. The van der Waals surface area contributed by atoms with Crippen LogP contribution in [0.2, 0.25) is 5.02 Å². The van der Waals surface area contributed by atoms with Gasteiger partial charge in [0, 0.05) is 29.0 Å². The van der Waals surface area contributed by atoms with Crippen molar-refractivity contribution >= 4 is 39.0 Å². The van der Waals surface area contributed by atoms with Crippen molar-refractivity contribution in [3.8, 4) is 10.4 Å². The van der Waals surface area contributed by atoms with Crippen molar-refractivity contribution in [2.75, 3.05) is 25.1 Å². The monoisotopic (exact) mass is 345 g/mol. The molecule has 2 aromatic heterocycles. The second-order valence-electron chi connectivity index (χ2n) is 5.66. The third-order valence-corrected chi connectivity index (χ3v) is 5.45. The molecule has 0 radical (unpaired) electrons. The van der Waals surface area contributed by atoms with Crippen LogP contribution in [0, 0.1) is 5.92 Å². The maximum atomic E-state index is 5.97. The van der Waals surface area contributed by atoms with Crippen molar-refractivity contribution < 1.29 is 4.74 Å². The van der Waals surface area contributed by atoms with Gasteiger partial charge in [-0.05, 0) is 30.2 Å². The minimum Gasteiger partial charge on any atom is -0.381 e. The minimum absolute atomic E-state index is 0.565. The summed E-state index contributed by atoms with van der Waals surface area (Å²) in [7, 11) is 0. The van der Waals surface area contributed by atoms with E-state index in [2.05, 4.69) is 21.4 Å². The van der Waals surface area contributed by atoms with Crippen LogP contribution in [0.3, 0.4) is 0 Å². The minimum atomic E-state index is 0.565. The summed E-state index contributed by atoms with van der Waals surface area (Å²) in [5.41, 5.74) is 2.12. The van der Waals surface area contributed by atoms with E-state index >= 15 is 0 Å². The molecule has 1 N–H and O–H groups in total. The molecule has 3 heterocycles. The first-order chi connectivity index (χ1) is 11.3. The zero-order chi connectivity index (χ0) is 15.6. The predicted molar refractivity (Wildman–Crippen MR) is 95.3 cm³/mol. The van der Waals surface area contributed by atoms with Crippen LogP contribution < -0.4 is 5.32 Å². The summed E-state index contributed by atoms with van der Waals surface area (Å²) in [5.74, 6) is 1.47. The lowest BCUT2D eigenvalue weighted by molar-refractivity contribution is 0.187. The topological polar surface area (TPSA) is 47.0 Å². The van der Waals surface area contributed by atoms with E-state index in [0.717, 1.165) is 52.8 Å². The third-order valence-electron chi connectivity index (χ3n) is 4.02. The van der Waals surface area contributed by atoms with Crippen molar-refractivity contribution in [3.05, 3.63) is 41.7 Å². The molecule has 0 amide bonds. The van der Waals surface area contributed by atoms with Gasteiger partial charge in [0.25, 0.3) is 0 Å². The van der Waals surface area contributed by atoms with Gasteiger partial charge in [0.15, 0.2) is 0 Å². The molecule has 1 aliphatic rings. The molecule has 1 atom stereocenters. The number of hydrogen-bond donors (Lipinski definition) is 1. The van der Waals surface area contributed by atoms with E-state index < -0.39 is 0 Å². The Bertz CT molecular complexity index is 812. The number of nitrogens with one attached hydrogen (secondary N) is 1. The maximum absolute atomic E-state index is 5.97. The zero-order valence-electron chi connectivity index (χ0n) is 12.5. The average molecular weight is 346 g/mol. The second kappa shape index (κ2) is 6.43. The van der Waals surface area contributed by atoms with Crippen molar-refractivity contribution in [2.24, 2.45) is 5.92 Å². The van der Waals surface area contributed by atoms with Gasteiger partial charge >= 0.3 is 0 Å². The molecule has 0 spiro atoms. The molecular formula is C17H16ClN3OS. The first-order valence-electron chi connectivity index (χ1n) is 7.62. The van der Waals surface area contributed by atoms with E-state index in [1.165, 1.54) is 4.88 Å². The first-order valence-corrected chi connectivity index (χ1v) is 8.81. The number of rotatable bonds is 4. The predicted octanol–water partition coefficient (Wildman–Crippen LogP) is 4.46. The summed E-state index contributed by atoms with van der Waals surface area (Å²) >= 11 is 7.67. The number of hydrogen-bond acceptors (Lipinski definition) is 5. The Balaban J connectivity index is 1.62. The summed E-state index contributed by atoms with van der Waals surface area (Å²) in [5, 5.41) is 4.21. The molecule has 118 valence electrons. The van der Waals surface area contributed by atoms with Gasteiger partial charge < -0.3 is 10.1 Å². The van der Waals surface area contributed by atoms with Gasteiger partial charge in [-0.2, -0.15) is 0 Å². The van der Waals surface area contributed by atoms with Gasteiger partial charge in [0.2, 0.25) is 0 Å². The van der Waals surface area contributed by atoms with Gasteiger partial charge in [0.05, 0.1) is 16.8 Å². The molecule has 1 saturated heterocycles. The number of ether oxygens (including phenoxy) is 1. The lowest BCUT2D eigenvalue weighted by atomic mass is 10.1. The molecule has 1 aromatic carbocycles. The Hall–Kier alpha value is -1.69. The van der Waals surface area contributed by atoms with Crippen molar-refractivity contribution in [3.63, 3.8) is 0 Å². The summed E-state index contributed by atoms with van der Waals surface area (Å²) in [6, 6.07) is 9.99. The van der Waals surface area contributed by atoms with Crippen LogP contribution in [0.1, 0.15) is 6.42 Å². The quantitative estimate of drug-likeness (QED) is 0.758. The Labute approximate surface area is 143 Å². The number of thiophene rings is 1. The number of fused-ring (bicyclic) bond motifs is 1. The molecule has 23 heavy (non-hydrogen) atoms. The van der Waals surface area contributed by atoms with Crippen LogP contribution >= 0.6 is 22.9 Å². The normalized spacial score (nSPS) is 17.7. The Morgan fingerprint density at radius 2 is 2.13 bits per heavy atom. The highest BCUT2D eigenvalue weighted by atomic mass is 35.5. The van der Waals surface area contributed by atoms with E-state index in [0.29, 0.717) is 5.92 Å². The number of aromatic nitrogens is 2. The first kappa shape index (κ1) is 14.9. The van der Waals surface area contributed by atoms with E-state index in [1.807, 2.05) is 24.3 Å². The molecule has 1 aliphatic heterocycles. The summed E-state index contributed by atoms with van der Waals surface area (Å²) in [6.45, 7) is 2.59. The highest BCUT2D eigenvalue weighted by Gasteiger charge is 2.16. The molecule has 0 aliphatic carbocycles. The lowest BCUT2D eigenvalue weighted by Gasteiger charge is -2.10. The van der Waals surface area contributed by atoms with Crippen LogP contribution in [0.5, 0.6) is 0 Å². The average Bonchev–Trinajstić information content (AvgIpc) is 3.23. The molecule has 6 heteroatoms. The lowest BCUT2D eigenvalue weighted by Crippen LogP contribution is -2.14. The van der Waals surface area contributed by atoms with Gasteiger partial charge in [0.1, 0.15) is 12.1 Å². The molecule has 1 fully saturated rings. The molecule has 3 aromatic rings. The van der Waals surface area contributed by atoms with Gasteiger partial charge in [-0.1, -0.05) is 23.7 Å². The fourth-order valence-corrected chi connectivity index (χ4v) is 3.93. The number of benzene rings is 1. The van der Waals surface area contributed by atoms with Crippen molar-refractivity contribution in [1.29, 1.82) is 0 Å². The molecule has 0 bridgehead atoms. The maximum Gasteiger partial charge on any atom is 0.147 e. The van der Waals surface area contributed by atoms with Gasteiger partial charge in [-0.25, -0.2) is 9.97 Å². The smallest absolute Gasteiger partial charge is 0.147 e. The van der Waals surface area contributed by atoms with Crippen molar-refractivity contribution in [1.82, 2.24) is 9.97 Å². The molecule has 0 unspecified atom stereocenters. The Kier molecular flexibility index (Phi) is 4.16. The summed E-state index contributed by atoms with van der Waals surface area (Å²) in [6.07, 6.45) is 2.73. The molecular weight excluding hydrogens is 330 g/mol. The summed E-state index contributed by atoms with van der Waals surface area (Å²) in [4.78, 5) is 9.98. The number of nitrogens with zero attached hydrogens (tertiary/aromatic N) is 2. The van der Waals surface area contributed by atoms with Crippen molar-refractivity contribution in [2.45, 2.75) is 6.42 Å². The Morgan fingerprint density at radius 3 is 2.91 bits per heavy atom. The standard InChI is InChI=1S/C17H16ClN3OS/c18-13-3-1-12(2-4-13)15-7-14-16(23-15)17(21-10-20-14)19-8-11-5-6-22-9-11/h1-4,7,10-11H,5-6,8-9H2,(H,19,20,21)/t11-/m1/s1. The largest absolute Gasteiger partial charge is 0.381 e. The highest BCUT2D eigenvalue weighted by Crippen LogP contribution is 2.36. The van der Waals surface area contributed by atoms with E-state index in [9.17, 15) is 0 Å². The van der Waals surface area contributed by atoms with Crippen LogP contribution in [-0.4, -0.2) is 29.7 Å². The SMILES string of the molecule is Clc1ccc(-c2cc3ncnc(NC[C@H]4CCOC4)c3s2)cc1. The fourth-order valence-electron chi connectivity index (χ4n) is 2.72. The fraction of sp³-hybridized carbons (Fsp3) is 0.294. The van der Waals surface area contributed by atoms with Crippen LogP contribution in [0.25, 0.3) is 20.7 Å². The Morgan fingerprint density at radius 1 is 1.26 bits per heavy atom. The number of halogens is 1. The van der Waals surface area contributed by atoms with E-state index in [1.54, 1.807) is 17.7 Å². The van der Waals surface area contributed by atoms with Crippen LogP contribution in [0.4, 0.5) is 5.82 Å². The molecule has 4 rings (SSSR count). The van der Waals surface area contributed by atoms with Crippen LogP contribution in [0.15, 0.2) is 36.7 Å². The van der Waals surface area contributed by atoms with Gasteiger partial charge in [-0.15, -0.1) is 11.3 Å². The van der Waals surface area contributed by atoms with Gasteiger partial charge in [-0.3, -0.25) is 0 Å². The van der Waals surface area contributed by atoms with E-state index in [-0.39, 0.29) is 0 Å². The number of anilines is 1.